The normalized spacial score (nSPS) is 13.4. The van der Waals surface area contributed by atoms with Crippen molar-refractivity contribution in [3.8, 4) is 11.5 Å². The molecule has 0 saturated carbocycles. The zero-order valence-corrected chi connectivity index (χ0v) is 16.7. The van der Waals surface area contributed by atoms with Crippen molar-refractivity contribution in [2.75, 3.05) is 19.8 Å². The van der Waals surface area contributed by atoms with Crippen LogP contribution in [0.15, 0.2) is 48.5 Å². The van der Waals surface area contributed by atoms with Gasteiger partial charge in [-0.3, -0.25) is 5.32 Å². The van der Waals surface area contributed by atoms with Gasteiger partial charge in [-0.15, -0.1) is 0 Å². The van der Waals surface area contributed by atoms with Crippen LogP contribution in [0, 0.1) is 0 Å². The van der Waals surface area contributed by atoms with Crippen LogP contribution in [-0.4, -0.2) is 40.8 Å². The number of phenolic OH excluding ortho intramolecular Hbond substituents is 2. The lowest BCUT2D eigenvalue weighted by atomic mass is 10.1. The topological polar surface area (TPSA) is 82.0 Å². The monoisotopic (exact) mass is 387 g/mol. The van der Waals surface area contributed by atoms with Gasteiger partial charge in [-0.1, -0.05) is 42.8 Å². The summed E-state index contributed by atoms with van der Waals surface area (Å²) in [5.41, 5.74) is 1.30. The fourth-order valence-electron chi connectivity index (χ4n) is 3.08. The average Bonchev–Trinajstić information content (AvgIpc) is 2.67. The van der Waals surface area contributed by atoms with E-state index < -0.39 is 5.72 Å². The van der Waals surface area contributed by atoms with Crippen LogP contribution in [0.5, 0.6) is 11.5 Å². The van der Waals surface area contributed by atoms with Crippen LogP contribution in [-0.2, 0) is 17.6 Å². The molecule has 28 heavy (non-hydrogen) atoms. The Morgan fingerprint density at radius 2 is 1.64 bits per heavy atom. The van der Waals surface area contributed by atoms with Crippen molar-refractivity contribution in [2.24, 2.45) is 0 Å². The molecule has 0 radical (unpaired) electrons. The van der Waals surface area contributed by atoms with Crippen molar-refractivity contribution < 1.29 is 20.1 Å². The van der Waals surface area contributed by atoms with E-state index in [0.29, 0.717) is 19.4 Å². The Morgan fingerprint density at radius 1 is 0.857 bits per heavy atom. The number of aromatic hydroxyl groups is 2. The maximum Gasteiger partial charge on any atom is 0.157 e. The average molecular weight is 388 g/mol. The summed E-state index contributed by atoms with van der Waals surface area (Å²) in [4.78, 5) is 0. The van der Waals surface area contributed by atoms with Crippen LogP contribution in [0.25, 0.3) is 0 Å². The van der Waals surface area contributed by atoms with E-state index in [1.807, 2.05) is 18.2 Å². The van der Waals surface area contributed by atoms with Crippen LogP contribution in [0.2, 0.25) is 0 Å². The number of ether oxygens (including phenoxy) is 1. The molecule has 5 nitrogen and oxygen atoms in total. The fraction of sp³-hybridized carbons (Fsp3) is 0.478. The zero-order valence-electron chi connectivity index (χ0n) is 16.7. The first kappa shape index (κ1) is 22.2. The number of benzene rings is 2. The molecule has 4 N–H and O–H groups in total. The van der Waals surface area contributed by atoms with Crippen LogP contribution in [0.1, 0.15) is 43.7 Å². The molecule has 1 atom stereocenters. The Kier molecular flexibility index (Phi) is 9.28. The van der Waals surface area contributed by atoms with Crippen molar-refractivity contribution in [3.63, 3.8) is 0 Å². The summed E-state index contributed by atoms with van der Waals surface area (Å²) >= 11 is 0. The maximum atomic E-state index is 10.4. The Morgan fingerprint density at radius 3 is 2.39 bits per heavy atom. The van der Waals surface area contributed by atoms with Gasteiger partial charge >= 0.3 is 0 Å². The second-order valence-corrected chi connectivity index (χ2v) is 7.43. The molecular weight excluding hydrogens is 354 g/mol. The number of rotatable bonds is 13. The third-order valence-corrected chi connectivity index (χ3v) is 4.79. The Labute approximate surface area is 168 Å². The molecule has 0 saturated heterocycles. The second kappa shape index (κ2) is 11.7. The standard InChI is InChI=1S/C23H33NO4/c1-23(27,24-15-12-20-10-11-21(25)22(26)18-20)14-6-3-7-16-28-17-13-19-8-4-2-5-9-19/h2,4-5,8-11,18,24-27H,3,6-7,12-17H2,1H3. The lowest BCUT2D eigenvalue weighted by molar-refractivity contribution is 0.0133. The van der Waals surface area contributed by atoms with Crippen molar-refractivity contribution in [1.82, 2.24) is 5.32 Å². The summed E-state index contributed by atoms with van der Waals surface area (Å²) in [7, 11) is 0. The highest BCUT2D eigenvalue weighted by atomic mass is 16.5. The Bertz CT molecular complexity index is 688. The van der Waals surface area contributed by atoms with E-state index in [0.717, 1.165) is 44.5 Å². The molecule has 0 bridgehead atoms. The molecule has 2 rings (SSSR count). The molecule has 0 aromatic heterocycles. The highest BCUT2D eigenvalue weighted by Crippen LogP contribution is 2.25. The van der Waals surface area contributed by atoms with E-state index in [1.165, 1.54) is 11.6 Å². The number of aliphatic hydroxyl groups is 1. The summed E-state index contributed by atoms with van der Waals surface area (Å²) in [6.07, 6.45) is 5.24. The van der Waals surface area contributed by atoms with E-state index in [2.05, 4.69) is 17.4 Å². The summed E-state index contributed by atoms with van der Waals surface area (Å²) in [6.45, 7) is 3.89. The largest absolute Gasteiger partial charge is 0.504 e. The van der Waals surface area contributed by atoms with Gasteiger partial charge in [0.05, 0.1) is 6.61 Å². The first-order valence-corrected chi connectivity index (χ1v) is 10.1. The molecule has 0 aliphatic heterocycles. The first-order valence-electron chi connectivity index (χ1n) is 10.1. The zero-order chi connectivity index (χ0) is 20.2. The van der Waals surface area contributed by atoms with Gasteiger partial charge in [0.25, 0.3) is 0 Å². The molecule has 0 amide bonds. The summed E-state index contributed by atoms with van der Waals surface area (Å²) in [6, 6.07) is 15.1. The lowest BCUT2D eigenvalue weighted by Crippen LogP contribution is -2.43. The van der Waals surface area contributed by atoms with Crippen molar-refractivity contribution >= 4 is 0 Å². The third kappa shape index (κ3) is 8.74. The molecule has 0 spiro atoms. The summed E-state index contributed by atoms with van der Waals surface area (Å²) in [5, 5.41) is 32.4. The highest BCUT2D eigenvalue weighted by Gasteiger charge is 2.18. The molecule has 2 aromatic carbocycles. The Hall–Kier alpha value is -2.08. The van der Waals surface area contributed by atoms with Gasteiger partial charge in [0, 0.05) is 13.2 Å². The minimum Gasteiger partial charge on any atom is -0.504 e. The molecule has 0 heterocycles. The molecule has 154 valence electrons. The van der Waals surface area contributed by atoms with E-state index in [9.17, 15) is 15.3 Å². The van der Waals surface area contributed by atoms with Gasteiger partial charge in [0.2, 0.25) is 0 Å². The van der Waals surface area contributed by atoms with Crippen LogP contribution >= 0.6 is 0 Å². The predicted octanol–water partition coefficient (Wildman–Crippen LogP) is 3.76. The fourth-order valence-corrected chi connectivity index (χ4v) is 3.08. The van der Waals surface area contributed by atoms with E-state index in [-0.39, 0.29) is 11.5 Å². The predicted molar refractivity (Wildman–Crippen MR) is 112 cm³/mol. The van der Waals surface area contributed by atoms with Gasteiger partial charge in [0.1, 0.15) is 5.72 Å². The molecule has 0 fully saturated rings. The van der Waals surface area contributed by atoms with Crippen molar-refractivity contribution in [3.05, 3.63) is 59.7 Å². The molecule has 0 aliphatic rings. The number of phenols is 2. The molecule has 5 heteroatoms. The smallest absolute Gasteiger partial charge is 0.157 e. The first-order chi connectivity index (χ1) is 13.5. The van der Waals surface area contributed by atoms with E-state index in [1.54, 1.807) is 19.1 Å². The Balaban J connectivity index is 1.49. The van der Waals surface area contributed by atoms with Gasteiger partial charge in [0.15, 0.2) is 11.5 Å². The molecule has 1 unspecified atom stereocenters. The SMILES string of the molecule is CC(O)(CCCCCOCCc1ccccc1)NCCc1ccc(O)c(O)c1. The summed E-state index contributed by atoms with van der Waals surface area (Å²) < 4.78 is 5.69. The number of hydrogen-bond acceptors (Lipinski definition) is 5. The maximum absolute atomic E-state index is 10.4. The van der Waals surface area contributed by atoms with Gasteiger partial charge < -0.3 is 20.1 Å². The third-order valence-electron chi connectivity index (χ3n) is 4.79. The van der Waals surface area contributed by atoms with Gasteiger partial charge in [-0.05, 0) is 62.3 Å². The van der Waals surface area contributed by atoms with Crippen molar-refractivity contribution in [2.45, 2.75) is 51.2 Å². The van der Waals surface area contributed by atoms with E-state index in [4.69, 9.17) is 4.74 Å². The highest BCUT2D eigenvalue weighted by molar-refractivity contribution is 5.40. The number of unbranched alkanes of at least 4 members (excludes halogenated alkanes) is 2. The minimum atomic E-state index is -0.910. The minimum absolute atomic E-state index is 0.116. The van der Waals surface area contributed by atoms with Crippen molar-refractivity contribution in [1.29, 1.82) is 0 Å². The van der Waals surface area contributed by atoms with Crippen LogP contribution in [0.3, 0.4) is 0 Å². The summed E-state index contributed by atoms with van der Waals surface area (Å²) in [5.74, 6) is -0.233. The quantitative estimate of drug-likeness (QED) is 0.239. The lowest BCUT2D eigenvalue weighted by Gasteiger charge is -2.25. The molecular formula is C23H33NO4. The second-order valence-electron chi connectivity index (χ2n) is 7.43. The molecule has 0 aliphatic carbocycles. The molecule has 2 aromatic rings. The van der Waals surface area contributed by atoms with Gasteiger partial charge in [-0.25, -0.2) is 0 Å². The number of nitrogens with one attached hydrogen (secondary N) is 1. The van der Waals surface area contributed by atoms with Crippen LogP contribution < -0.4 is 5.32 Å². The van der Waals surface area contributed by atoms with Gasteiger partial charge in [-0.2, -0.15) is 0 Å². The number of hydrogen-bond donors (Lipinski definition) is 4. The van der Waals surface area contributed by atoms with E-state index >= 15 is 0 Å². The van der Waals surface area contributed by atoms with Crippen LogP contribution in [0.4, 0.5) is 0 Å².